The molecule has 5 rings (SSSR count). The van der Waals surface area contributed by atoms with Crippen molar-refractivity contribution < 1.29 is 13.6 Å². The number of aromatic nitrogens is 5. The molecule has 2 aromatic carbocycles. The molecule has 0 unspecified atom stereocenters. The number of rotatable bonds is 4. The van der Waals surface area contributed by atoms with Gasteiger partial charge < -0.3 is 9.88 Å². The highest BCUT2D eigenvalue weighted by Crippen LogP contribution is 2.28. The lowest BCUT2D eigenvalue weighted by Gasteiger charge is -2.05. The van der Waals surface area contributed by atoms with Gasteiger partial charge >= 0.3 is 5.69 Å². The van der Waals surface area contributed by atoms with Crippen molar-refractivity contribution in [3.8, 4) is 11.1 Å². The highest BCUT2D eigenvalue weighted by atomic mass is 19.1. The number of benzene rings is 2. The van der Waals surface area contributed by atoms with Gasteiger partial charge in [0.2, 0.25) is 11.7 Å². The summed E-state index contributed by atoms with van der Waals surface area (Å²) in [5, 5.41) is 6.49. The molecule has 0 radical (unpaired) electrons. The Labute approximate surface area is 190 Å². The van der Waals surface area contributed by atoms with E-state index in [1.807, 2.05) is 30.3 Å². The molecule has 5 aromatic rings. The van der Waals surface area contributed by atoms with Crippen LogP contribution in [0, 0.1) is 11.6 Å². The van der Waals surface area contributed by atoms with E-state index in [4.69, 9.17) is 0 Å². The van der Waals surface area contributed by atoms with Crippen LogP contribution < -0.4 is 16.6 Å². The summed E-state index contributed by atoms with van der Waals surface area (Å²) >= 11 is 0. The molecule has 0 spiro atoms. The molecule has 11 heteroatoms. The first kappa shape index (κ1) is 21.3. The second-order valence-electron chi connectivity index (χ2n) is 7.83. The molecular weight excluding hydrogens is 446 g/mol. The Bertz CT molecular complexity index is 1710. The fourth-order valence-corrected chi connectivity index (χ4v) is 4.00. The van der Waals surface area contributed by atoms with E-state index in [0.29, 0.717) is 22.7 Å². The number of nitrogens with one attached hydrogen (secondary N) is 1. The Morgan fingerprint density at radius 1 is 1.03 bits per heavy atom. The van der Waals surface area contributed by atoms with Crippen molar-refractivity contribution in [1.29, 1.82) is 0 Å². The van der Waals surface area contributed by atoms with E-state index < -0.39 is 29.8 Å². The molecule has 0 aliphatic rings. The summed E-state index contributed by atoms with van der Waals surface area (Å²) in [7, 11) is 3.19. The van der Waals surface area contributed by atoms with E-state index in [1.54, 1.807) is 17.8 Å². The van der Waals surface area contributed by atoms with Crippen LogP contribution in [-0.4, -0.2) is 29.2 Å². The Morgan fingerprint density at radius 2 is 1.76 bits per heavy atom. The van der Waals surface area contributed by atoms with Gasteiger partial charge in [-0.15, -0.1) is 5.10 Å². The highest BCUT2D eigenvalue weighted by Gasteiger charge is 2.22. The zero-order valence-corrected chi connectivity index (χ0v) is 18.1. The zero-order valence-electron chi connectivity index (χ0n) is 18.1. The van der Waals surface area contributed by atoms with Gasteiger partial charge in [-0.2, -0.15) is 0 Å². The first-order chi connectivity index (χ1) is 16.3. The van der Waals surface area contributed by atoms with Gasteiger partial charge in [0.05, 0.1) is 11.2 Å². The third-order valence-electron chi connectivity index (χ3n) is 5.59. The molecule has 0 saturated heterocycles. The monoisotopic (exact) mass is 464 g/mol. The molecule has 34 heavy (non-hydrogen) atoms. The quantitative estimate of drug-likeness (QED) is 0.442. The van der Waals surface area contributed by atoms with Crippen molar-refractivity contribution in [3.05, 3.63) is 87.2 Å². The third kappa shape index (κ3) is 3.29. The Morgan fingerprint density at radius 3 is 2.47 bits per heavy atom. The van der Waals surface area contributed by atoms with Crippen LogP contribution in [0.4, 0.5) is 14.5 Å². The summed E-state index contributed by atoms with van der Waals surface area (Å²) in [5.74, 6) is -2.43. The Hall–Kier alpha value is -4.54. The predicted octanol–water partition coefficient (Wildman–Crippen LogP) is 2.27. The van der Waals surface area contributed by atoms with Gasteiger partial charge in [-0.1, -0.05) is 30.3 Å². The van der Waals surface area contributed by atoms with Crippen molar-refractivity contribution in [2.45, 2.75) is 6.54 Å². The first-order valence-corrected chi connectivity index (χ1v) is 10.2. The third-order valence-corrected chi connectivity index (χ3v) is 5.59. The highest BCUT2D eigenvalue weighted by molar-refractivity contribution is 5.94. The van der Waals surface area contributed by atoms with Crippen LogP contribution in [0.5, 0.6) is 0 Å². The molecule has 0 aliphatic carbocycles. The van der Waals surface area contributed by atoms with Crippen LogP contribution in [0.25, 0.3) is 27.9 Å². The van der Waals surface area contributed by atoms with E-state index in [9.17, 15) is 23.2 Å². The van der Waals surface area contributed by atoms with Crippen LogP contribution in [-0.2, 0) is 25.4 Å². The van der Waals surface area contributed by atoms with E-state index in [1.165, 1.54) is 16.0 Å². The standard InChI is InChI=1S/C23H18F2N6O3/c1-28-11-15(13-6-4-3-5-7-13)19-20(28)21(33)29(2)22-27-30(23(34)31(19)22)12-18(32)26-17-9-8-14(24)10-16(17)25/h3-11H,12H2,1-2H3,(H,26,32). The molecule has 0 fully saturated rings. The molecule has 3 heterocycles. The summed E-state index contributed by atoms with van der Waals surface area (Å²) in [6.45, 7) is -0.541. The molecule has 0 atom stereocenters. The van der Waals surface area contributed by atoms with Crippen molar-refractivity contribution in [3.63, 3.8) is 0 Å². The van der Waals surface area contributed by atoms with Crippen LogP contribution >= 0.6 is 0 Å². The van der Waals surface area contributed by atoms with Gasteiger partial charge in [-0.05, 0) is 17.7 Å². The lowest BCUT2D eigenvalue weighted by atomic mass is 10.1. The van der Waals surface area contributed by atoms with Crippen LogP contribution in [0.2, 0.25) is 0 Å². The van der Waals surface area contributed by atoms with Gasteiger partial charge in [-0.25, -0.2) is 22.7 Å². The molecule has 9 nitrogen and oxygen atoms in total. The summed E-state index contributed by atoms with van der Waals surface area (Å²) in [6, 6.07) is 12.0. The number of hydrogen-bond donors (Lipinski definition) is 1. The molecular formula is C23H18F2N6O3. The van der Waals surface area contributed by atoms with E-state index in [-0.39, 0.29) is 17.0 Å². The minimum atomic E-state index is -0.948. The topological polar surface area (TPSA) is 95.3 Å². The van der Waals surface area contributed by atoms with Crippen LogP contribution in [0.1, 0.15) is 0 Å². The van der Waals surface area contributed by atoms with Gasteiger partial charge in [0, 0.05) is 31.9 Å². The lowest BCUT2D eigenvalue weighted by molar-refractivity contribution is -0.117. The van der Waals surface area contributed by atoms with Crippen molar-refractivity contribution in [2.24, 2.45) is 14.1 Å². The van der Waals surface area contributed by atoms with E-state index in [0.717, 1.165) is 22.4 Å². The average molecular weight is 464 g/mol. The van der Waals surface area contributed by atoms with Gasteiger partial charge in [-0.3, -0.25) is 14.2 Å². The zero-order chi connectivity index (χ0) is 24.1. The number of aryl methyl sites for hydroxylation is 2. The summed E-state index contributed by atoms with van der Waals surface area (Å²) in [6.07, 6.45) is 1.76. The summed E-state index contributed by atoms with van der Waals surface area (Å²) < 4.78 is 32.1. The SMILES string of the molecule is Cn1cc(-c2ccccc2)c2c1c(=O)n(C)c1nn(CC(=O)Nc3ccc(F)cc3F)c(=O)n21. The van der Waals surface area contributed by atoms with Gasteiger partial charge in [0.25, 0.3) is 5.56 Å². The fourth-order valence-electron chi connectivity index (χ4n) is 4.00. The van der Waals surface area contributed by atoms with Crippen molar-refractivity contribution in [2.75, 3.05) is 5.32 Å². The minimum Gasteiger partial charge on any atom is -0.344 e. The molecule has 172 valence electrons. The average Bonchev–Trinajstić information content (AvgIpc) is 3.31. The number of nitrogens with zero attached hydrogens (tertiary/aromatic N) is 5. The molecule has 3 aromatic heterocycles. The maximum Gasteiger partial charge on any atom is 0.352 e. The second kappa shape index (κ2) is 7.80. The summed E-state index contributed by atoms with van der Waals surface area (Å²) in [5.41, 5.74) is 0.886. The molecule has 0 bridgehead atoms. The Balaban J connectivity index is 1.66. The number of hydrogen-bond acceptors (Lipinski definition) is 4. The number of carbonyl (C=O) groups excluding carboxylic acids is 1. The Kier molecular flexibility index (Phi) is 4.89. The second-order valence-corrected chi connectivity index (χ2v) is 7.83. The lowest BCUT2D eigenvalue weighted by Crippen LogP contribution is -2.29. The predicted molar refractivity (Wildman–Crippen MR) is 122 cm³/mol. The van der Waals surface area contributed by atoms with E-state index in [2.05, 4.69) is 10.4 Å². The number of anilines is 1. The van der Waals surface area contributed by atoms with Crippen molar-refractivity contribution in [1.82, 2.24) is 23.3 Å². The number of carbonyl (C=O) groups is 1. The first-order valence-electron chi connectivity index (χ1n) is 10.2. The number of amides is 1. The molecule has 1 N–H and O–H groups in total. The van der Waals surface area contributed by atoms with Gasteiger partial charge in [0.1, 0.15) is 23.7 Å². The smallest absolute Gasteiger partial charge is 0.344 e. The number of fused-ring (bicyclic) bond motifs is 3. The van der Waals surface area contributed by atoms with Gasteiger partial charge in [0.15, 0.2) is 0 Å². The maximum atomic E-state index is 13.9. The minimum absolute atomic E-state index is 0.0478. The molecule has 0 aliphatic heterocycles. The normalized spacial score (nSPS) is 11.4. The van der Waals surface area contributed by atoms with Crippen LogP contribution in [0.3, 0.4) is 0 Å². The van der Waals surface area contributed by atoms with Crippen LogP contribution in [0.15, 0.2) is 64.3 Å². The number of halogens is 2. The fraction of sp³-hybridized carbons (Fsp3) is 0.130. The van der Waals surface area contributed by atoms with Crippen molar-refractivity contribution >= 4 is 28.4 Å². The molecule has 0 saturated carbocycles. The summed E-state index contributed by atoms with van der Waals surface area (Å²) in [4.78, 5) is 38.9. The largest absolute Gasteiger partial charge is 0.352 e. The van der Waals surface area contributed by atoms with E-state index >= 15 is 0 Å². The molecule has 1 amide bonds. The maximum absolute atomic E-state index is 13.9.